The Bertz CT molecular complexity index is 3490. The molecule has 0 aliphatic carbocycles. The average Bonchev–Trinajstić information content (AvgIpc) is 3.92. The minimum Gasteiger partial charge on any atom is -0.309 e. The molecule has 0 fully saturated rings. The predicted molar refractivity (Wildman–Crippen MR) is 240 cm³/mol. The lowest BCUT2D eigenvalue weighted by atomic mass is 10.0. The van der Waals surface area contributed by atoms with Gasteiger partial charge in [0, 0.05) is 49.4 Å². The fraction of sp³-hybridized carbons (Fsp3) is 0. The van der Waals surface area contributed by atoms with Gasteiger partial charge in [-0.2, -0.15) is 0 Å². The van der Waals surface area contributed by atoms with Crippen molar-refractivity contribution in [3.05, 3.63) is 212 Å². The topological polar surface area (TPSA) is 14.8 Å². The summed E-state index contributed by atoms with van der Waals surface area (Å²) in [6, 6.07) is 77.4. The van der Waals surface area contributed by atoms with E-state index in [0.717, 1.165) is 11.4 Å². The normalized spacial score (nSPS) is 11.9. The van der Waals surface area contributed by atoms with E-state index in [9.17, 15) is 0 Å². The second-order valence-corrected chi connectivity index (χ2v) is 14.9. The lowest BCUT2D eigenvalue weighted by Crippen LogP contribution is -1.96. The van der Waals surface area contributed by atoms with Gasteiger partial charge >= 0.3 is 0 Å². The Morgan fingerprint density at radius 3 is 1.46 bits per heavy atom. The Morgan fingerprint density at radius 2 is 0.702 bits per heavy atom. The van der Waals surface area contributed by atoms with Gasteiger partial charge in [-0.3, -0.25) is 0 Å². The standard InChI is InChI=1S/C54H35N3/c1-3-14-36(15-4-1)38-16-13-19-42(34-38)56-50-25-12-9-22-47(50)53-51(56)33-32-46-44-21-8-11-24-49(44)57(54(46)53)41-29-26-37(27-30-41)39-28-31-45-43-20-7-10-23-48(43)55(52(45)35-39)40-17-5-2-6-18-40/h1-35H. The van der Waals surface area contributed by atoms with Gasteiger partial charge < -0.3 is 13.7 Å². The summed E-state index contributed by atoms with van der Waals surface area (Å²) in [5.74, 6) is 0. The molecule has 12 rings (SSSR count). The van der Waals surface area contributed by atoms with E-state index >= 15 is 0 Å². The molecule has 0 atom stereocenters. The highest BCUT2D eigenvalue weighted by atomic mass is 15.0. The Balaban J connectivity index is 1.06. The lowest BCUT2D eigenvalue weighted by Gasteiger charge is -2.12. The summed E-state index contributed by atoms with van der Waals surface area (Å²) >= 11 is 0. The Kier molecular flexibility index (Phi) is 6.93. The molecule has 3 nitrogen and oxygen atoms in total. The van der Waals surface area contributed by atoms with Crippen LogP contribution < -0.4 is 0 Å². The van der Waals surface area contributed by atoms with Crippen molar-refractivity contribution in [2.45, 2.75) is 0 Å². The SMILES string of the molecule is c1ccc(-c2cccc(-n3c4ccccc4c4c3ccc3c5ccccc5n(-c5ccc(-c6ccc7c8ccccc8n(-c8ccccc8)c7c6)cc5)c34)c2)cc1. The zero-order valence-corrected chi connectivity index (χ0v) is 31.0. The molecule has 57 heavy (non-hydrogen) atoms. The van der Waals surface area contributed by atoms with Crippen LogP contribution in [0.15, 0.2) is 212 Å². The number of aromatic nitrogens is 3. The molecular weight excluding hydrogens is 691 g/mol. The van der Waals surface area contributed by atoms with Gasteiger partial charge in [-0.25, -0.2) is 0 Å². The molecule has 266 valence electrons. The molecule has 0 spiro atoms. The van der Waals surface area contributed by atoms with Crippen LogP contribution in [0.1, 0.15) is 0 Å². The Hall–Kier alpha value is -7.62. The molecular formula is C54H35N3. The highest BCUT2D eigenvalue weighted by Crippen LogP contribution is 2.43. The number of para-hydroxylation sites is 4. The summed E-state index contributed by atoms with van der Waals surface area (Å²) in [6.07, 6.45) is 0. The maximum absolute atomic E-state index is 2.48. The fourth-order valence-electron chi connectivity index (χ4n) is 9.32. The van der Waals surface area contributed by atoms with Crippen molar-refractivity contribution in [1.82, 2.24) is 13.7 Å². The Morgan fingerprint density at radius 1 is 0.228 bits per heavy atom. The summed E-state index contributed by atoms with van der Waals surface area (Å²) in [5.41, 5.74) is 15.5. The van der Waals surface area contributed by atoms with E-state index < -0.39 is 0 Å². The summed E-state index contributed by atoms with van der Waals surface area (Å²) in [6.45, 7) is 0. The fourth-order valence-corrected chi connectivity index (χ4v) is 9.32. The molecule has 0 radical (unpaired) electrons. The summed E-state index contributed by atoms with van der Waals surface area (Å²) in [7, 11) is 0. The predicted octanol–water partition coefficient (Wildman–Crippen LogP) is 14.3. The first kappa shape index (κ1) is 31.7. The summed E-state index contributed by atoms with van der Waals surface area (Å²) < 4.78 is 7.30. The van der Waals surface area contributed by atoms with Gasteiger partial charge in [-0.15, -0.1) is 0 Å². The van der Waals surface area contributed by atoms with Crippen molar-refractivity contribution in [2.24, 2.45) is 0 Å². The van der Waals surface area contributed by atoms with Crippen LogP contribution in [0.25, 0.3) is 105 Å². The van der Waals surface area contributed by atoms with E-state index in [-0.39, 0.29) is 0 Å². The lowest BCUT2D eigenvalue weighted by molar-refractivity contribution is 1.17. The minimum atomic E-state index is 1.14. The van der Waals surface area contributed by atoms with Crippen molar-refractivity contribution < 1.29 is 0 Å². The molecule has 0 N–H and O–H groups in total. The number of hydrogen-bond donors (Lipinski definition) is 0. The minimum absolute atomic E-state index is 1.14. The van der Waals surface area contributed by atoms with Crippen LogP contribution in [0, 0.1) is 0 Å². The van der Waals surface area contributed by atoms with Crippen molar-refractivity contribution in [3.63, 3.8) is 0 Å². The van der Waals surface area contributed by atoms with Gasteiger partial charge in [0.2, 0.25) is 0 Å². The molecule has 3 heterocycles. The van der Waals surface area contributed by atoms with E-state index in [1.54, 1.807) is 0 Å². The number of hydrogen-bond acceptors (Lipinski definition) is 0. The van der Waals surface area contributed by atoms with E-state index in [0.29, 0.717) is 0 Å². The third kappa shape index (κ3) is 4.79. The molecule has 0 aliphatic heterocycles. The van der Waals surface area contributed by atoms with Gasteiger partial charge in [0.1, 0.15) is 0 Å². The van der Waals surface area contributed by atoms with Crippen LogP contribution >= 0.6 is 0 Å². The van der Waals surface area contributed by atoms with Gasteiger partial charge in [0.15, 0.2) is 0 Å². The van der Waals surface area contributed by atoms with Gasteiger partial charge in [0.25, 0.3) is 0 Å². The second kappa shape index (κ2) is 12.5. The molecule has 0 unspecified atom stereocenters. The van der Waals surface area contributed by atoms with Crippen molar-refractivity contribution in [2.75, 3.05) is 0 Å². The van der Waals surface area contributed by atoms with Crippen molar-refractivity contribution in [1.29, 1.82) is 0 Å². The Labute approximate surface area is 329 Å². The van der Waals surface area contributed by atoms with Crippen LogP contribution in [0.5, 0.6) is 0 Å². The highest BCUT2D eigenvalue weighted by molar-refractivity contribution is 6.26. The highest BCUT2D eigenvalue weighted by Gasteiger charge is 2.21. The molecule has 0 amide bonds. The average molecular weight is 726 g/mol. The molecule has 0 saturated heterocycles. The zero-order valence-electron chi connectivity index (χ0n) is 31.0. The number of nitrogens with zero attached hydrogens (tertiary/aromatic N) is 3. The maximum Gasteiger partial charge on any atom is 0.0641 e. The van der Waals surface area contributed by atoms with Crippen LogP contribution in [-0.4, -0.2) is 13.7 Å². The van der Waals surface area contributed by atoms with Crippen molar-refractivity contribution in [3.8, 4) is 39.3 Å². The smallest absolute Gasteiger partial charge is 0.0641 e. The second-order valence-electron chi connectivity index (χ2n) is 14.9. The summed E-state index contributed by atoms with van der Waals surface area (Å²) in [5, 5.41) is 7.53. The molecule has 3 heteroatoms. The van der Waals surface area contributed by atoms with E-state index in [1.165, 1.54) is 93.4 Å². The molecule has 0 saturated carbocycles. The van der Waals surface area contributed by atoms with Crippen LogP contribution in [-0.2, 0) is 0 Å². The van der Waals surface area contributed by atoms with Gasteiger partial charge in [-0.1, -0.05) is 146 Å². The largest absolute Gasteiger partial charge is 0.309 e. The van der Waals surface area contributed by atoms with Crippen LogP contribution in [0.2, 0.25) is 0 Å². The van der Waals surface area contributed by atoms with E-state index in [2.05, 4.69) is 226 Å². The molecule has 9 aromatic carbocycles. The molecule has 12 aromatic rings. The maximum atomic E-state index is 2.48. The first-order valence-electron chi connectivity index (χ1n) is 19.6. The summed E-state index contributed by atoms with van der Waals surface area (Å²) in [4.78, 5) is 0. The van der Waals surface area contributed by atoms with Crippen LogP contribution in [0.4, 0.5) is 0 Å². The third-order valence-corrected chi connectivity index (χ3v) is 11.8. The third-order valence-electron chi connectivity index (χ3n) is 11.8. The zero-order chi connectivity index (χ0) is 37.5. The van der Waals surface area contributed by atoms with Gasteiger partial charge in [0.05, 0.1) is 33.1 Å². The molecule has 3 aromatic heterocycles. The van der Waals surface area contributed by atoms with E-state index in [4.69, 9.17) is 0 Å². The first-order chi connectivity index (χ1) is 28.3. The first-order valence-corrected chi connectivity index (χ1v) is 19.6. The van der Waals surface area contributed by atoms with E-state index in [1.807, 2.05) is 0 Å². The van der Waals surface area contributed by atoms with Gasteiger partial charge in [-0.05, 0) is 89.0 Å². The van der Waals surface area contributed by atoms with Crippen LogP contribution in [0.3, 0.4) is 0 Å². The number of benzene rings is 9. The molecule has 0 aliphatic rings. The number of rotatable bonds is 5. The van der Waals surface area contributed by atoms with Crippen molar-refractivity contribution >= 4 is 65.4 Å². The number of fused-ring (bicyclic) bond motifs is 10. The monoisotopic (exact) mass is 725 g/mol. The molecule has 0 bridgehead atoms. The quantitative estimate of drug-likeness (QED) is 0.168.